The first-order valence-corrected chi connectivity index (χ1v) is 4.60. The molecule has 1 aliphatic heterocycles. The van der Waals surface area contributed by atoms with E-state index in [1.807, 2.05) is 6.07 Å². The highest BCUT2D eigenvalue weighted by Crippen LogP contribution is 2.21. The highest BCUT2D eigenvalue weighted by molar-refractivity contribution is 5.48. The summed E-state index contributed by atoms with van der Waals surface area (Å²) in [6, 6.07) is 5.32. The van der Waals surface area contributed by atoms with Crippen LogP contribution in [0.5, 0.6) is 5.75 Å². The fraction of sp³-hybridized carbons (Fsp3) is 0.400. The molecule has 1 aromatic rings. The molecule has 1 aromatic carbocycles. The van der Waals surface area contributed by atoms with Crippen LogP contribution in [0.3, 0.4) is 0 Å². The minimum absolute atomic E-state index is 0.280. The maximum absolute atomic E-state index is 13.2. The van der Waals surface area contributed by atoms with E-state index >= 15 is 0 Å². The van der Waals surface area contributed by atoms with Crippen molar-refractivity contribution < 1.29 is 9.13 Å². The van der Waals surface area contributed by atoms with Crippen LogP contribution in [0.1, 0.15) is 0 Å². The van der Waals surface area contributed by atoms with Crippen LogP contribution in [0.15, 0.2) is 18.2 Å². The number of halogens is 1. The second kappa shape index (κ2) is 3.84. The third kappa shape index (κ3) is 1.80. The van der Waals surface area contributed by atoms with Gasteiger partial charge in [0.1, 0.15) is 0 Å². The van der Waals surface area contributed by atoms with Gasteiger partial charge in [0, 0.05) is 24.8 Å². The number of anilines is 1. The molecule has 4 heteroatoms. The van der Waals surface area contributed by atoms with E-state index in [1.54, 1.807) is 6.07 Å². The van der Waals surface area contributed by atoms with Crippen LogP contribution in [0, 0.1) is 5.82 Å². The Kier molecular flexibility index (Phi) is 2.54. The van der Waals surface area contributed by atoms with Gasteiger partial charge in [0.15, 0.2) is 11.6 Å². The first-order chi connectivity index (χ1) is 6.79. The van der Waals surface area contributed by atoms with E-state index in [9.17, 15) is 4.39 Å². The highest BCUT2D eigenvalue weighted by atomic mass is 19.1. The van der Waals surface area contributed by atoms with Gasteiger partial charge >= 0.3 is 0 Å². The van der Waals surface area contributed by atoms with Gasteiger partial charge in [-0.15, -0.1) is 0 Å². The number of hydrogen-bond donors (Lipinski definition) is 2. The molecular formula is C10H13FN2O. The molecule has 1 aliphatic rings. The van der Waals surface area contributed by atoms with Crippen molar-refractivity contribution in [2.75, 3.05) is 25.5 Å². The quantitative estimate of drug-likeness (QED) is 0.762. The zero-order chi connectivity index (χ0) is 9.97. The molecule has 76 valence electrons. The van der Waals surface area contributed by atoms with Crippen LogP contribution in [0.2, 0.25) is 0 Å². The topological polar surface area (TPSA) is 33.3 Å². The molecule has 0 atom stereocenters. The van der Waals surface area contributed by atoms with E-state index in [1.165, 1.54) is 13.2 Å². The van der Waals surface area contributed by atoms with Gasteiger partial charge in [0.2, 0.25) is 0 Å². The molecule has 14 heavy (non-hydrogen) atoms. The molecule has 1 saturated heterocycles. The molecule has 0 saturated carbocycles. The number of ether oxygens (including phenoxy) is 1. The van der Waals surface area contributed by atoms with Crippen LogP contribution >= 0.6 is 0 Å². The molecule has 1 heterocycles. The van der Waals surface area contributed by atoms with Gasteiger partial charge in [-0.25, -0.2) is 4.39 Å². The normalized spacial score (nSPS) is 16.1. The summed E-state index contributed by atoms with van der Waals surface area (Å²) in [4.78, 5) is 0. The summed E-state index contributed by atoms with van der Waals surface area (Å²) >= 11 is 0. The lowest BCUT2D eigenvalue weighted by Crippen LogP contribution is -2.51. The summed E-state index contributed by atoms with van der Waals surface area (Å²) in [5, 5.41) is 6.35. The Hall–Kier alpha value is -1.29. The van der Waals surface area contributed by atoms with Gasteiger partial charge in [-0.1, -0.05) is 0 Å². The first-order valence-electron chi connectivity index (χ1n) is 4.60. The highest BCUT2D eigenvalue weighted by Gasteiger charge is 2.16. The van der Waals surface area contributed by atoms with Crippen molar-refractivity contribution in [1.29, 1.82) is 0 Å². The summed E-state index contributed by atoms with van der Waals surface area (Å²) in [7, 11) is 1.46. The number of benzene rings is 1. The van der Waals surface area contributed by atoms with Crippen molar-refractivity contribution in [3.8, 4) is 5.75 Å². The number of hydrogen-bond acceptors (Lipinski definition) is 3. The van der Waals surface area contributed by atoms with Crippen molar-refractivity contribution in [2.24, 2.45) is 0 Å². The van der Waals surface area contributed by atoms with Crippen LogP contribution in [0.25, 0.3) is 0 Å². The maximum atomic E-state index is 13.2. The predicted molar refractivity (Wildman–Crippen MR) is 53.2 cm³/mol. The number of methoxy groups -OCH3 is 1. The molecule has 0 unspecified atom stereocenters. The van der Waals surface area contributed by atoms with Crippen LogP contribution in [-0.4, -0.2) is 26.2 Å². The second-order valence-corrected chi connectivity index (χ2v) is 3.35. The minimum Gasteiger partial charge on any atom is -0.494 e. The van der Waals surface area contributed by atoms with Gasteiger partial charge in [-0.2, -0.15) is 0 Å². The lowest BCUT2D eigenvalue weighted by Gasteiger charge is -2.29. The Bertz CT molecular complexity index is 326. The van der Waals surface area contributed by atoms with Gasteiger partial charge in [0.25, 0.3) is 0 Å². The van der Waals surface area contributed by atoms with Gasteiger partial charge in [0.05, 0.1) is 13.2 Å². The molecule has 0 bridgehead atoms. The molecule has 2 rings (SSSR count). The third-order valence-electron chi connectivity index (χ3n) is 2.30. The van der Waals surface area contributed by atoms with E-state index in [0.717, 1.165) is 18.8 Å². The fourth-order valence-corrected chi connectivity index (χ4v) is 1.38. The van der Waals surface area contributed by atoms with Gasteiger partial charge < -0.3 is 15.4 Å². The summed E-state index contributed by atoms with van der Waals surface area (Å²) in [6.07, 6.45) is 0. The predicted octanol–water partition coefficient (Wildman–Crippen LogP) is 1.22. The Labute approximate surface area is 82.3 Å². The molecule has 3 nitrogen and oxygen atoms in total. The molecule has 2 N–H and O–H groups in total. The Morgan fingerprint density at radius 2 is 2.29 bits per heavy atom. The summed E-state index contributed by atoms with van der Waals surface area (Å²) < 4.78 is 18.1. The zero-order valence-corrected chi connectivity index (χ0v) is 8.01. The summed E-state index contributed by atoms with van der Waals surface area (Å²) in [5.41, 5.74) is 0.801. The molecule has 0 spiro atoms. The first kappa shape index (κ1) is 9.27. The zero-order valence-electron chi connectivity index (χ0n) is 8.01. The van der Waals surface area contributed by atoms with Crippen molar-refractivity contribution in [1.82, 2.24) is 5.32 Å². The smallest absolute Gasteiger partial charge is 0.167 e. The standard InChI is InChI=1S/C10H13FN2O/c1-14-10-3-2-7(4-9(10)11)13-8-5-12-6-8/h2-4,8,12-13H,5-6H2,1H3. The molecule has 1 fully saturated rings. The molecule has 0 radical (unpaired) electrons. The van der Waals surface area contributed by atoms with Gasteiger partial charge in [-0.05, 0) is 12.1 Å². The Morgan fingerprint density at radius 3 is 2.79 bits per heavy atom. The van der Waals surface area contributed by atoms with E-state index in [0.29, 0.717) is 6.04 Å². The van der Waals surface area contributed by atoms with Crippen molar-refractivity contribution in [3.63, 3.8) is 0 Å². The lowest BCUT2D eigenvalue weighted by atomic mass is 10.1. The summed E-state index contributed by atoms with van der Waals surface area (Å²) in [5.74, 6) is -0.0490. The molecule has 0 aromatic heterocycles. The van der Waals surface area contributed by atoms with Gasteiger partial charge in [-0.3, -0.25) is 0 Å². The van der Waals surface area contributed by atoms with Crippen molar-refractivity contribution in [3.05, 3.63) is 24.0 Å². The Morgan fingerprint density at radius 1 is 1.50 bits per heavy atom. The average molecular weight is 196 g/mol. The largest absolute Gasteiger partial charge is 0.494 e. The number of rotatable bonds is 3. The minimum atomic E-state index is -0.329. The molecule has 0 aliphatic carbocycles. The van der Waals surface area contributed by atoms with E-state index in [-0.39, 0.29) is 11.6 Å². The molecule has 0 amide bonds. The van der Waals surface area contributed by atoms with E-state index in [2.05, 4.69) is 10.6 Å². The maximum Gasteiger partial charge on any atom is 0.167 e. The lowest BCUT2D eigenvalue weighted by molar-refractivity contribution is 0.386. The molecular weight excluding hydrogens is 183 g/mol. The Balaban J connectivity index is 2.07. The van der Waals surface area contributed by atoms with Crippen LogP contribution in [-0.2, 0) is 0 Å². The SMILES string of the molecule is COc1ccc(NC2CNC2)cc1F. The fourth-order valence-electron chi connectivity index (χ4n) is 1.38. The van der Waals surface area contributed by atoms with Crippen molar-refractivity contribution in [2.45, 2.75) is 6.04 Å². The third-order valence-corrected chi connectivity index (χ3v) is 2.30. The second-order valence-electron chi connectivity index (χ2n) is 3.35. The van der Waals surface area contributed by atoms with Crippen LogP contribution < -0.4 is 15.4 Å². The average Bonchev–Trinajstić information content (AvgIpc) is 2.12. The van der Waals surface area contributed by atoms with Crippen LogP contribution in [0.4, 0.5) is 10.1 Å². The monoisotopic (exact) mass is 196 g/mol. The van der Waals surface area contributed by atoms with E-state index < -0.39 is 0 Å². The van der Waals surface area contributed by atoms with E-state index in [4.69, 9.17) is 4.74 Å². The number of nitrogens with one attached hydrogen (secondary N) is 2. The summed E-state index contributed by atoms with van der Waals surface area (Å²) in [6.45, 7) is 1.88. The van der Waals surface area contributed by atoms with Crippen molar-refractivity contribution >= 4 is 5.69 Å².